The number of urea groups is 2. The SMILES string of the molecule is CC(C)(C)OC(=O)NCCCN.Cn1nc(-c2cccc(Cl)c2Cl)cc1C1CCN(C(=O)Cl)CC1.Cn1nc(-c2cccc(Cl)c2Cl)cc1C1CCN(C(=O)NCCCN=C(N)N)CC1.Cn1nc(-c2cccc(Cl)c2Cl)cc1C1CCN(C(=O)NCCCNC(=O)OC(C)(C)C)CC1.Cn1nc(-c2cccc(Cl)c2Cl)cc1C1CCN(Cl)CC1.O=C(OC(Cl)(Cl)Cl)OC(Cl)(Cl)Cl. The number of aryl methyl sites for hydroxylation is 4. The lowest BCUT2D eigenvalue weighted by atomic mass is 9.93. The van der Waals surface area contributed by atoms with Crippen molar-refractivity contribution in [3.63, 3.8) is 0 Å². The van der Waals surface area contributed by atoms with Gasteiger partial charge in [0.05, 0.1) is 63.0 Å². The predicted molar refractivity (Wildman–Crippen MR) is 533 cm³/mol. The lowest BCUT2D eigenvalue weighted by molar-refractivity contribution is 0.0501. The summed E-state index contributed by atoms with van der Waals surface area (Å²) in [6.07, 6.45) is 7.19. The van der Waals surface area contributed by atoms with Crippen LogP contribution in [0.3, 0.4) is 0 Å². The van der Waals surface area contributed by atoms with Crippen LogP contribution < -0.4 is 38.5 Å². The Kier molecular flexibility index (Phi) is 45.4. The Bertz CT molecular complexity index is 5120. The molecule has 0 bridgehead atoms. The third-order valence-electron chi connectivity index (χ3n) is 20.6. The van der Waals surface area contributed by atoms with Crippen LogP contribution in [0.1, 0.15) is 159 Å². The minimum absolute atomic E-state index is 0.0467. The number of amides is 7. The fourth-order valence-electron chi connectivity index (χ4n) is 14.4. The Morgan fingerprint density at radius 3 is 0.955 bits per heavy atom. The second-order valence-electron chi connectivity index (χ2n) is 32.8. The van der Waals surface area contributed by atoms with Crippen molar-refractivity contribution in [2.24, 2.45) is 50.4 Å². The van der Waals surface area contributed by atoms with Gasteiger partial charge >= 0.3 is 43.7 Å². The number of alkyl carbamates (subject to hydrolysis) is 2. The average molecular weight is 2150 g/mol. The molecule has 4 aromatic carbocycles. The van der Waals surface area contributed by atoms with Crippen molar-refractivity contribution in [1.82, 2.24) is 79.5 Å². The summed E-state index contributed by atoms with van der Waals surface area (Å²) < 4.78 is 23.2. The van der Waals surface area contributed by atoms with E-state index < -0.39 is 31.4 Å². The third-order valence-corrected chi connectivity index (χ3v) is 25.0. The van der Waals surface area contributed by atoms with E-state index in [0.717, 1.165) is 133 Å². The number of aliphatic imine (C=N–C) groups is 1. The van der Waals surface area contributed by atoms with Crippen LogP contribution in [0.2, 0.25) is 40.2 Å². The number of piperidine rings is 4. The van der Waals surface area contributed by atoms with Gasteiger partial charge in [0.25, 0.3) is 0 Å². The zero-order valence-electron chi connectivity index (χ0n) is 74.4. The van der Waals surface area contributed by atoms with E-state index in [-0.39, 0.29) is 29.5 Å². The predicted octanol–water partition coefficient (Wildman–Crippen LogP) is 22.5. The van der Waals surface area contributed by atoms with Crippen molar-refractivity contribution in [2.75, 3.05) is 91.6 Å². The molecule has 0 atom stereocenters. The van der Waals surface area contributed by atoms with E-state index in [1.165, 1.54) is 5.69 Å². The maximum absolute atomic E-state index is 12.5. The topological polar surface area (TPSA) is 362 Å². The molecule has 0 unspecified atom stereocenters. The van der Waals surface area contributed by atoms with Gasteiger partial charge in [0, 0.05) is 182 Å². The molecule has 0 radical (unpaired) electrons. The summed E-state index contributed by atoms with van der Waals surface area (Å²) >= 11 is 91.6. The van der Waals surface area contributed by atoms with Crippen molar-refractivity contribution in [3.05, 3.63) is 160 Å². The molecule has 4 fully saturated rings. The highest BCUT2D eigenvalue weighted by molar-refractivity contribution is 6.67. The normalized spacial score (nSPS) is 14.8. The Morgan fingerprint density at radius 1 is 0.409 bits per heavy atom. The largest absolute Gasteiger partial charge is 0.515 e. The molecule has 0 aliphatic carbocycles. The second-order valence-corrected chi connectivity index (χ2v) is 41.1. The quantitative estimate of drug-likeness (QED) is 0.00455. The van der Waals surface area contributed by atoms with E-state index in [2.05, 4.69) is 80.4 Å². The molecule has 0 saturated carbocycles. The number of nitrogens with two attached hydrogens (primary N) is 3. The Labute approximate surface area is 849 Å². The molecule has 46 heteroatoms. The van der Waals surface area contributed by atoms with Crippen LogP contribution in [-0.2, 0) is 47.1 Å². The van der Waals surface area contributed by atoms with Crippen LogP contribution in [-0.4, -0.2) is 211 Å². The summed E-state index contributed by atoms with van der Waals surface area (Å²) in [5.41, 5.74) is 26.1. The number of carbonyl (C=O) groups excluding carboxylic acids is 6. The number of aromatic nitrogens is 8. The molecule has 12 rings (SSSR count). The molecule has 10 N–H and O–H groups in total. The van der Waals surface area contributed by atoms with Crippen LogP contribution in [0.5, 0.6) is 0 Å². The Morgan fingerprint density at radius 2 is 0.682 bits per heavy atom. The van der Waals surface area contributed by atoms with E-state index in [0.29, 0.717) is 155 Å². The fraction of sp³-hybridized carbons (Fsp3) is 0.500. The van der Waals surface area contributed by atoms with Crippen LogP contribution in [0.25, 0.3) is 45.0 Å². The van der Waals surface area contributed by atoms with Crippen molar-refractivity contribution >= 4 is 228 Å². The van der Waals surface area contributed by atoms with Crippen LogP contribution in [0.15, 0.2) is 102 Å². The molecule has 30 nitrogen and oxygen atoms in total. The van der Waals surface area contributed by atoms with Gasteiger partial charge in [0.15, 0.2) is 5.96 Å². The van der Waals surface area contributed by atoms with Gasteiger partial charge < -0.3 is 72.1 Å². The van der Waals surface area contributed by atoms with Gasteiger partial charge in [0.1, 0.15) is 11.2 Å². The number of nitrogens with zero attached hydrogens (tertiary/aromatic N) is 13. The highest BCUT2D eigenvalue weighted by Gasteiger charge is 2.35. The highest BCUT2D eigenvalue weighted by Crippen LogP contribution is 2.42. The summed E-state index contributed by atoms with van der Waals surface area (Å²) in [6, 6.07) is 30.4. The Balaban J connectivity index is 0.000000224. The first kappa shape index (κ1) is 112. The van der Waals surface area contributed by atoms with Crippen LogP contribution in [0, 0.1) is 0 Å². The Hall–Kier alpha value is -6.63. The number of hydrogen-bond donors (Lipinski definition) is 7. The molecule has 726 valence electrons. The van der Waals surface area contributed by atoms with E-state index >= 15 is 0 Å². The lowest BCUT2D eigenvalue weighted by Gasteiger charge is -2.32. The lowest BCUT2D eigenvalue weighted by Crippen LogP contribution is -2.45. The average Bonchev–Trinajstić information content (AvgIpc) is 1.67. The molecule has 4 aromatic heterocycles. The molecule has 0 spiro atoms. The first-order chi connectivity index (χ1) is 62.0. The maximum Gasteiger partial charge on any atom is 0.515 e. The fourth-order valence-corrected chi connectivity index (χ4v) is 16.7. The third kappa shape index (κ3) is 37.4. The zero-order chi connectivity index (χ0) is 97.7. The minimum atomic E-state index is -2.24. The number of halogens is 16. The molecular weight excluding hydrogens is 2040 g/mol. The van der Waals surface area contributed by atoms with E-state index in [1.807, 2.05) is 151 Å². The van der Waals surface area contributed by atoms with Crippen molar-refractivity contribution < 1.29 is 47.7 Å². The van der Waals surface area contributed by atoms with Crippen LogP contribution >= 0.6 is 186 Å². The molecular formula is C86H110Cl16N20O10. The number of carbonyl (C=O) groups is 6. The van der Waals surface area contributed by atoms with Gasteiger partial charge in [-0.15, -0.1) is 0 Å². The standard InChI is InChI=1S/C24H33Cl2N5O3.C20H27Cl2N7O.C16H16Cl3N3O.C15H16Cl3N3.C8H18N2O2.C3Cl6O3/c1-24(2,3)34-23(33)28-12-6-11-27-22(32)31-13-9-16(10-14-31)20-15-19(29-30(20)4)17-7-5-8-18(25)21(17)26;1-28-17(12-16(27-28)14-4-2-5-15(21)18(14)22)13-6-10-29(11-7-13)20(30)26-9-3-8-25-19(23)24;1-21-14(10-5-7-22(8-6-10)16(19)23)9-13(20-21)11-3-2-4-12(17)15(11)18;1-20-14(10-5-7-21(18)8-6-10)9-13(19-20)11-3-2-4-12(16)15(11)17;1-8(2,3)12-7(11)10-6-4-5-9;4-2(5,6)11-1(10)12-3(7,8)9/h5,7-8,15-16H,6,9-14H2,1-4H3,(H,27,32)(H,28,33);2,4-5,12-13H,3,6-11H2,1H3,(H,26,30)(H4,23,24,25);2-4,9-10H,5-8H2,1H3;2-4,9-10H,5-8H2,1H3;4-6,9H2,1-3H3,(H,10,11);. The minimum Gasteiger partial charge on any atom is -0.444 e. The number of ether oxygens (including phenoxy) is 4. The van der Waals surface area contributed by atoms with E-state index in [9.17, 15) is 28.8 Å². The molecule has 7 amide bonds. The monoisotopic (exact) mass is 2140 g/mol. The van der Waals surface area contributed by atoms with Crippen molar-refractivity contribution in [3.8, 4) is 45.0 Å². The summed E-state index contributed by atoms with van der Waals surface area (Å²) in [5, 5.41) is 33.4. The number of rotatable bonds is 19. The summed E-state index contributed by atoms with van der Waals surface area (Å²) in [7, 11) is 7.77. The molecule has 132 heavy (non-hydrogen) atoms. The van der Waals surface area contributed by atoms with Gasteiger partial charge in [-0.25, -0.2) is 28.4 Å². The number of alkyl halides is 6. The highest BCUT2D eigenvalue weighted by atomic mass is 35.6. The number of hydrogen-bond acceptors (Lipinski definition) is 17. The molecule has 8 aromatic rings. The van der Waals surface area contributed by atoms with Crippen molar-refractivity contribution in [1.29, 1.82) is 0 Å². The van der Waals surface area contributed by atoms with Gasteiger partial charge in [-0.2, -0.15) is 20.4 Å². The van der Waals surface area contributed by atoms with Gasteiger partial charge in [0.2, 0.25) is 0 Å². The maximum atomic E-state index is 12.5. The molecule has 8 heterocycles. The smallest absolute Gasteiger partial charge is 0.444 e. The first-order valence-electron chi connectivity index (χ1n) is 42.1. The van der Waals surface area contributed by atoms with E-state index in [1.54, 1.807) is 29.2 Å². The number of nitrogens with one attached hydrogen (secondary N) is 4. The molecule has 4 aliphatic heterocycles. The van der Waals surface area contributed by atoms with E-state index in [4.69, 9.17) is 212 Å². The molecule has 4 aliphatic rings. The van der Waals surface area contributed by atoms with Gasteiger partial charge in [-0.3, -0.25) is 28.5 Å². The van der Waals surface area contributed by atoms with Gasteiger partial charge in [-0.05, 0) is 260 Å². The summed E-state index contributed by atoms with van der Waals surface area (Å²) in [5.74, 6) is 1.56. The molecule has 4 saturated heterocycles. The number of benzene rings is 4. The number of likely N-dealkylation sites (tertiary alicyclic amines) is 3. The van der Waals surface area contributed by atoms with Crippen LogP contribution in [0.4, 0.5) is 28.8 Å². The second kappa shape index (κ2) is 53.3. The van der Waals surface area contributed by atoms with Gasteiger partial charge in [-0.1, -0.05) is 141 Å². The number of guanidine groups is 1. The zero-order valence-corrected chi connectivity index (χ0v) is 86.5. The summed E-state index contributed by atoms with van der Waals surface area (Å²) in [4.78, 5) is 78.5. The van der Waals surface area contributed by atoms with Crippen molar-refractivity contribution in [2.45, 2.75) is 155 Å². The first-order valence-corrected chi connectivity index (χ1v) is 48.1. The summed E-state index contributed by atoms with van der Waals surface area (Å²) in [6.45, 7) is 20.0.